The number of carbonyl (C=O) groups is 1. The van der Waals surface area contributed by atoms with Gasteiger partial charge in [0.15, 0.2) is 11.4 Å². The quantitative estimate of drug-likeness (QED) is 0.578. The van der Waals surface area contributed by atoms with E-state index in [1.54, 1.807) is 0 Å². The fourth-order valence-electron chi connectivity index (χ4n) is 5.29. The van der Waals surface area contributed by atoms with E-state index < -0.39 is 5.60 Å². The molecule has 1 N–H and O–H groups in total. The van der Waals surface area contributed by atoms with Crippen molar-refractivity contribution in [3.05, 3.63) is 35.1 Å². The Bertz CT molecular complexity index is 753. The average Bonchev–Trinajstić information content (AvgIpc) is 3.15. The molecule has 0 unspecified atom stereocenters. The number of allylic oxidation sites excluding steroid dienone is 3. The van der Waals surface area contributed by atoms with Crippen molar-refractivity contribution < 1.29 is 19.4 Å². The van der Waals surface area contributed by atoms with Gasteiger partial charge in [-0.2, -0.15) is 0 Å². The van der Waals surface area contributed by atoms with Crippen molar-refractivity contribution in [2.45, 2.75) is 75.6 Å². The van der Waals surface area contributed by atoms with Gasteiger partial charge in [-0.3, -0.25) is 4.79 Å². The number of fused-ring (bicyclic) bond motifs is 4. The molecule has 2 fully saturated rings. The summed E-state index contributed by atoms with van der Waals surface area (Å²) in [5.74, 6) is 1.09. The van der Waals surface area contributed by atoms with Crippen molar-refractivity contribution in [1.29, 1.82) is 0 Å². The molecule has 0 aromatic carbocycles. The Morgan fingerprint density at radius 3 is 2.93 bits per heavy atom. The van der Waals surface area contributed by atoms with Crippen LogP contribution in [0.2, 0.25) is 0 Å². The maximum absolute atomic E-state index is 12.9. The third-order valence-corrected chi connectivity index (χ3v) is 7.64. The minimum atomic E-state index is -1.35. The number of carbonyl (C=O) groups excluding carboxylic acids is 1. The lowest BCUT2D eigenvalue weighted by molar-refractivity contribution is -0.136. The number of Topliss-reactive ketones (excluding diaryl/α,β-unsaturated/α-hetero) is 1. The molecule has 2 bridgehead atoms. The van der Waals surface area contributed by atoms with Crippen LogP contribution in [0.15, 0.2) is 35.1 Å². The van der Waals surface area contributed by atoms with Crippen LogP contribution in [-0.4, -0.2) is 40.2 Å². The molecule has 6 atom stereocenters. The van der Waals surface area contributed by atoms with Gasteiger partial charge in [0.25, 0.3) is 0 Å². The topological polar surface area (TPSA) is 55.8 Å². The second kappa shape index (κ2) is 6.47. The van der Waals surface area contributed by atoms with E-state index in [-0.39, 0.29) is 35.4 Å². The highest BCUT2D eigenvalue weighted by Crippen LogP contribution is 2.56. The summed E-state index contributed by atoms with van der Waals surface area (Å²) in [6, 6.07) is 0. The van der Waals surface area contributed by atoms with Crippen LogP contribution in [0.25, 0.3) is 0 Å². The first-order chi connectivity index (χ1) is 12.6. The molecule has 2 aliphatic carbocycles. The second-order valence-electron chi connectivity index (χ2n) is 9.08. The average molecular weight is 393 g/mol. The maximum atomic E-state index is 12.9. The molecule has 1 saturated carbocycles. The van der Waals surface area contributed by atoms with E-state index in [0.29, 0.717) is 30.1 Å². The highest BCUT2D eigenvalue weighted by atomic mass is 35.5. The standard InChI is InChI=1S/C22H29ClO4/c1-12(2)17(23)6-5-13(3)14-7-8-21(4)16(14)9-15-19(27-21)18-10-22(25,11-26-18)20(15)24/h5,14,16-18,25H,1,6-11H2,2-4H3/b13-5-/t14-,16-,17+,18+,21-,22-/m0/s1. The highest BCUT2D eigenvalue weighted by Gasteiger charge is 2.59. The minimum absolute atomic E-state index is 0.0494. The zero-order valence-corrected chi connectivity index (χ0v) is 17.1. The fourth-order valence-corrected chi connectivity index (χ4v) is 5.38. The van der Waals surface area contributed by atoms with Gasteiger partial charge in [-0.1, -0.05) is 23.8 Å². The van der Waals surface area contributed by atoms with Crippen LogP contribution in [0.4, 0.5) is 0 Å². The molecule has 2 heterocycles. The van der Waals surface area contributed by atoms with Crippen LogP contribution in [0.3, 0.4) is 0 Å². The molecule has 4 aliphatic rings. The highest BCUT2D eigenvalue weighted by molar-refractivity contribution is 6.22. The molecule has 4 nitrogen and oxygen atoms in total. The Morgan fingerprint density at radius 2 is 2.22 bits per heavy atom. The molecule has 0 aromatic rings. The molecule has 0 aromatic heterocycles. The molecule has 1 saturated heterocycles. The number of halogens is 1. The van der Waals surface area contributed by atoms with Gasteiger partial charge in [0.2, 0.25) is 0 Å². The van der Waals surface area contributed by atoms with Gasteiger partial charge in [-0.15, -0.1) is 11.6 Å². The molecule has 5 heteroatoms. The predicted molar refractivity (Wildman–Crippen MR) is 104 cm³/mol. The summed E-state index contributed by atoms with van der Waals surface area (Å²) in [5, 5.41) is 10.6. The molecular weight excluding hydrogens is 364 g/mol. The van der Waals surface area contributed by atoms with Gasteiger partial charge in [-0.25, -0.2) is 0 Å². The third kappa shape index (κ3) is 3.01. The Hall–Kier alpha value is -1.10. The predicted octanol–water partition coefficient (Wildman–Crippen LogP) is 4.07. The van der Waals surface area contributed by atoms with E-state index in [0.717, 1.165) is 24.8 Å². The number of hydrogen-bond donors (Lipinski definition) is 1. The van der Waals surface area contributed by atoms with Crippen LogP contribution >= 0.6 is 11.6 Å². The number of ketones is 1. The van der Waals surface area contributed by atoms with Crippen molar-refractivity contribution in [3.63, 3.8) is 0 Å². The van der Waals surface area contributed by atoms with E-state index >= 15 is 0 Å². The molecule has 0 amide bonds. The van der Waals surface area contributed by atoms with Crippen molar-refractivity contribution in [1.82, 2.24) is 0 Å². The lowest BCUT2D eigenvalue weighted by Gasteiger charge is -2.44. The minimum Gasteiger partial charge on any atom is -0.488 e. The van der Waals surface area contributed by atoms with Crippen LogP contribution < -0.4 is 0 Å². The Kier molecular flexibility index (Phi) is 4.60. The SMILES string of the molecule is C=C(C)[C@H](Cl)C/C=C(/C)[C@@H]1CC[C@]2(C)OC3=C(C[C@@H]12)C(=O)[C@@]1(O)CO[C@@H]3C1. The van der Waals surface area contributed by atoms with Gasteiger partial charge >= 0.3 is 0 Å². The van der Waals surface area contributed by atoms with Gasteiger partial charge < -0.3 is 14.6 Å². The van der Waals surface area contributed by atoms with Crippen molar-refractivity contribution in [2.75, 3.05) is 6.61 Å². The molecule has 148 valence electrons. The maximum Gasteiger partial charge on any atom is 0.196 e. The lowest BCUT2D eigenvalue weighted by Crippen LogP contribution is -2.49. The molecule has 4 rings (SSSR count). The number of aliphatic hydroxyl groups is 1. The van der Waals surface area contributed by atoms with Crippen molar-refractivity contribution in [2.24, 2.45) is 11.8 Å². The van der Waals surface area contributed by atoms with Crippen molar-refractivity contribution >= 4 is 17.4 Å². The van der Waals surface area contributed by atoms with Crippen LogP contribution in [0.5, 0.6) is 0 Å². The Labute approximate surface area is 166 Å². The summed E-state index contributed by atoms with van der Waals surface area (Å²) < 4.78 is 12.1. The number of ether oxygens (including phenoxy) is 2. The summed E-state index contributed by atoms with van der Waals surface area (Å²) in [6.07, 6.45) is 5.69. The molecule has 0 spiro atoms. The first-order valence-corrected chi connectivity index (χ1v) is 10.4. The van der Waals surface area contributed by atoms with Crippen molar-refractivity contribution in [3.8, 4) is 0 Å². The Balaban J connectivity index is 1.59. The first kappa shape index (κ1) is 19.2. The number of hydrogen-bond acceptors (Lipinski definition) is 4. The van der Waals surface area contributed by atoms with Gasteiger partial charge in [-0.05, 0) is 52.4 Å². The smallest absolute Gasteiger partial charge is 0.196 e. The molecular formula is C22H29ClO4. The second-order valence-corrected chi connectivity index (χ2v) is 9.60. The molecule has 2 aliphatic heterocycles. The monoisotopic (exact) mass is 392 g/mol. The zero-order valence-electron chi connectivity index (χ0n) is 16.4. The summed E-state index contributed by atoms with van der Waals surface area (Å²) in [4.78, 5) is 12.9. The van der Waals surface area contributed by atoms with E-state index in [2.05, 4.69) is 26.5 Å². The fraction of sp³-hybridized carbons (Fsp3) is 0.682. The molecule has 27 heavy (non-hydrogen) atoms. The number of alkyl halides is 1. The summed E-state index contributed by atoms with van der Waals surface area (Å²) in [6.45, 7) is 10.3. The van der Waals surface area contributed by atoms with E-state index in [1.807, 2.05) is 6.92 Å². The largest absolute Gasteiger partial charge is 0.488 e. The van der Waals surface area contributed by atoms with Crippen LogP contribution in [-0.2, 0) is 14.3 Å². The number of rotatable bonds is 4. The molecule has 0 radical (unpaired) electrons. The van der Waals surface area contributed by atoms with Crippen LogP contribution in [0.1, 0.15) is 52.9 Å². The van der Waals surface area contributed by atoms with Gasteiger partial charge in [0, 0.05) is 17.9 Å². The first-order valence-electron chi connectivity index (χ1n) is 9.91. The zero-order chi connectivity index (χ0) is 19.6. The third-order valence-electron chi connectivity index (χ3n) is 7.09. The lowest BCUT2D eigenvalue weighted by atomic mass is 9.72. The van der Waals surface area contributed by atoms with Gasteiger partial charge in [0.05, 0.1) is 12.0 Å². The summed E-state index contributed by atoms with van der Waals surface area (Å²) >= 11 is 6.33. The van der Waals surface area contributed by atoms with E-state index in [4.69, 9.17) is 21.1 Å². The van der Waals surface area contributed by atoms with E-state index in [9.17, 15) is 9.90 Å². The normalized spacial score (nSPS) is 41.9. The summed E-state index contributed by atoms with van der Waals surface area (Å²) in [7, 11) is 0. The summed E-state index contributed by atoms with van der Waals surface area (Å²) in [5.41, 5.74) is 1.31. The van der Waals surface area contributed by atoms with Gasteiger partial charge in [0.1, 0.15) is 17.5 Å². The Morgan fingerprint density at radius 1 is 1.48 bits per heavy atom. The van der Waals surface area contributed by atoms with Crippen LogP contribution in [0, 0.1) is 11.8 Å². The van der Waals surface area contributed by atoms with E-state index in [1.165, 1.54) is 5.57 Å².